The number of anilines is 1. The molecule has 4 N–H and O–H groups in total. The number of nitrogens with two attached hydrogens (primary N) is 1. The van der Waals surface area contributed by atoms with Gasteiger partial charge >= 0.3 is 0 Å². The molecule has 1 aromatic carbocycles. The van der Waals surface area contributed by atoms with E-state index >= 15 is 0 Å². The van der Waals surface area contributed by atoms with Crippen molar-refractivity contribution < 1.29 is 0 Å². The quantitative estimate of drug-likeness (QED) is 0.691. The smallest absolute Gasteiger partial charge is 0.204 e. The fraction of sp³-hybridized carbons (Fsp3) is 0.200. The average Bonchev–Trinajstić information content (AvgIpc) is 2.20. The van der Waals surface area contributed by atoms with E-state index in [4.69, 9.17) is 17.3 Å². The maximum Gasteiger partial charge on any atom is 0.204 e. The van der Waals surface area contributed by atoms with Gasteiger partial charge in [-0.2, -0.15) is 0 Å². The van der Waals surface area contributed by atoms with E-state index in [1.54, 1.807) is 6.07 Å². The number of benzene rings is 1. The molecular weight excluding hydrogens is 226 g/mol. The van der Waals surface area contributed by atoms with Crippen LogP contribution >= 0.6 is 11.6 Å². The number of nitrogens with one attached hydrogen (secondary N) is 2. The first-order valence-electron chi connectivity index (χ1n) is 4.85. The largest absolute Gasteiger partial charge is 0.370 e. The van der Waals surface area contributed by atoms with Crippen molar-refractivity contribution in [3.8, 4) is 0 Å². The van der Waals surface area contributed by atoms with Crippen molar-refractivity contribution in [3.63, 3.8) is 0 Å². The highest BCUT2D eigenvalue weighted by molar-refractivity contribution is 6.33. The van der Waals surface area contributed by atoms with Crippen molar-refractivity contribution in [2.24, 2.45) is 15.7 Å². The van der Waals surface area contributed by atoms with E-state index in [-0.39, 0.29) is 6.17 Å². The summed E-state index contributed by atoms with van der Waals surface area (Å²) in [6, 6.07) is 7.41. The monoisotopic (exact) mass is 237 g/mol. The minimum Gasteiger partial charge on any atom is -0.370 e. The number of hydrogen-bond acceptors (Lipinski definition) is 5. The highest BCUT2D eigenvalue weighted by atomic mass is 35.5. The van der Waals surface area contributed by atoms with Gasteiger partial charge < -0.3 is 11.1 Å². The van der Waals surface area contributed by atoms with Crippen LogP contribution in [-0.4, -0.2) is 18.1 Å². The van der Waals surface area contributed by atoms with Crippen molar-refractivity contribution in [2.75, 3.05) is 5.32 Å². The lowest BCUT2D eigenvalue weighted by molar-refractivity contribution is 0.766. The molecule has 84 valence electrons. The molecule has 1 aliphatic rings. The number of aliphatic imine (C=N–C) groups is 2. The van der Waals surface area contributed by atoms with Crippen LogP contribution in [0.1, 0.15) is 6.92 Å². The summed E-state index contributed by atoms with van der Waals surface area (Å²) in [6.45, 7) is 1.85. The van der Waals surface area contributed by atoms with Crippen LogP contribution in [0.25, 0.3) is 0 Å². The van der Waals surface area contributed by atoms with E-state index in [2.05, 4.69) is 20.6 Å². The Bertz CT molecular complexity index is 454. The van der Waals surface area contributed by atoms with Crippen LogP contribution in [0.5, 0.6) is 0 Å². The fourth-order valence-electron chi connectivity index (χ4n) is 1.36. The second-order valence-electron chi connectivity index (χ2n) is 3.35. The van der Waals surface area contributed by atoms with Gasteiger partial charge in [0.05, 0.1) is 10.7 Å². The SMILES string of the molecule is CC1N=C(N)NC(Nc2ccccc2Cl)=N1. The van der Waals surface area contributed by atoms with Crippen molar-refractivity contribution in [3.05, 3.63) is 29.3 Å². The Morgan fingerprint density at radius 3 is 2.81 bits per heavy atom. The van der Waals surface area contributed by atoms with Crippen LogP contribution in [0, 0.1) is 0 Å². The first-order valence-corrected chi connectivity index (χ1v) is 5.22. The lowest BCUT2D eigenvalue weighted by Gasteiger charge is -2.18. The molecule has 0 amide bonds. The molecule has 0 spiro atoms. The molecule has 0 radical (unpaired) electrons. The summed E-state index contributed by atoms with van der Waals surface area (Å²) in [6.07, 6.45) is -0.189. The van der Waals surface area contributed by atoms with Gasteiger partial charge in [-0.25, -0.2) is 9.98 Å². The Labute approximate surface area is 98.4 Å². The normalized spacial score (nSPS) is 19.5. The third-order valence-corrected chi connectivity index (χ3v) is 2.34. The molecule has 1 unspecified atom stereocenters. The molecule has 6 heteroatoms. The van der Waals surface area contributed by atoms with Crippen molar-refractivity contribution in [1.82, 2.24) is 5.32 Å². The topological polar surface area (TPSA) is 74.8 Å². The Hall–Kier alpha value is -1.75. The summed E-state index contributed by atoms with van der Waals surface area (Å²) < 4.78 is 0. The predicted octanol–water partition coefficient (Wildman–Crippen LogP) is 1.37. The molecule has 0 aromatic heterocycles. The minimum absolute atomic E-state index is 0.189. The Kier molecular flexibility index (Phi) is 2.96. The summed E-state index contributed by atoms with van der Waals surface area (Å²) >= 11 is 6.01. The molecule has 16 heavy (non-hydrogen) atoms. The molecule has 0 saturated carbocycles. The number of halogens is 1. The van der Waals surface area contributed by atoms with E-state index in [0.29, 0.717) is 16.9 Å². The summed E-state index contributed by atoms with van der Waals surface area (Å²) in [5.41, 5.74) is 6.37. The standard InChI is InChI=1S/C10H12ClN5/c1-6-13-9(12)16-10(14-6)15-8-5-3-2-4-7(8)11/h2-6H,1H3,(H4,12,13,14,15,16). The fourth-order valence-corrected chi connectivity index (χ4v) is 1.54. The molecule has 1 heterocycles. The molecule has 0 bridgehead atoms. The maximum absolute atomic E-state index is 6.01. The Morgan fingerprint density at radius 1 is 1.38 bits per heavy atom. The van der Waals surface area contributed by atoms with Gasteiger partial charge in [-0.3, -0.25) is 5.32 Å². The van der Waals surface area contributed by atoms with Crippen LogP contribution < -0.4 is 16.4 Å². The van der Waals surface area contributed by atoms with Gasteiger partial charge in [0.25, 0.3) is 0 Å². The van der Waals surface area contributed by atoms with Gasteiger partial charge in [0.2, 0.25) is 5.96 Å². The molecule has 0 fully saturated rings. The molecule has 0 aliphatic carbocycles. The third kappa shape index (κ3) is 2.43. The Morgan fingerprint density at radius 2 is 2.12 bits per heavy atom. The maximum atomic E-state index is 6.01. The lowest BCUT2D eigenvalue weighted by Crippen LogP contribution is -2.44. The summed E-state index contributed by atoms with van der Waals surface area (Å²) in [5.74, 6) is 0.894. The van der Waals surface area contributed by atoms with Gasteiger partial charge in [0.1, 0.15) is 6.17 Å². The number of para-hydroxylation sites is 1. The number of guanidine groups is 2. The van der Waals surface area contributed by atoms with E-state index in [1.807, 2.05) is 25.1 Å². The molecule has 1 aliphatic heterocycles. The second kappa shape index (κ2) is 4.40. The number of nitrogens with zero attached hydrogens (tertiary/aromatic N) is 2. The molecule has 5 nitrogen and oxygen atoms in total. The molecule has 1 aromatic rings. The van der Waals surface area contributed by atoms with Gasteiger partial charge in [0.15, 0.2) is 5.96 Å². The summed E-state index contributed by atoms with van der Waals surface area (Å²) in [5, 5.41) is 6.51. The predicted molar refractivity (Wildman–Crippen MR) is 66.7 cm³/mol. The average molecular weight is 238 g/mol. The second-order valence-corrected chi connectivity index (χ2v) is 3.76. The van der Waals surface area contributed by atoms with E-state index in [0.717, 1.165) is 5.69 Å². The first kappa shape index (κ1) is 10.8. The summed E-state index contributed by atoms with van der Waals surface area (Å²) in [7, 11) is 0. The molecule has 0 saturated heterocycles. The van der Waals surface area contributed by atoms with Crippen LogP contribution in [0.15, 0.2) is 34.3 Å². The van der Waals surface area contributed by atoms with Gasteiger partial charge in [-0.05, 0) is 19.1 Å². The zero-order valence-corrected chi connectivity index (χ0v) is 9.49. The summed E-state index contributed by atoms with van der Waals surface area (Å²) in [4.78, 5) is 8.26. The van der Waals surface area contributed by atoms with E-state index in [9.17, 15) is 0 Å². The van der Waals surface area contributed by atoms with Crippen molar-refractivity contribution in [1.29, 1.82) is 0 Å². The third-order valence-electron chi connectivity index (χ3n) is 2.02. The van der Waals surface area contributed by atoms with E-state index in [1.165, 1.54) is 0 Å². The van der Waals surface area contributed by atoms with Crippen LogP contribution in [-0.2, 0) is 0 Å². The lowest BCUT2D eigenvalue weighted by atomic mass is 10.3. The van der Waals surface area contributed by atoms with Gasteiger partial charge in [-0.1, -0.05) is 23.7 Å². The van der Waals surface area contributed by atoms with E-state index < -0.39 is 0 Å². The highest BCUT2D eigenvalue weighted by Crippen LogP contribution is 2.20. The van der Waals surface area contributed by atoms with Gasteiger partial charge in [0, 0.05) is 0 Å². The first-order chi connectivity index (χ1) is 7.65. The zero-order chi connectivity index (χ0) is 11.5. The van der Waals surface area contributed by atoms with Gasteiger partial charge in [-0.15, -0.1) is 0 Å². The van der Waals surface area contributed by atoms with Crippen LogP contribution in [0.4, 0.5) is 5.69 Å². The Balaban J connectivity index is 2.14. The highest BCUT2D eigenvalue weighted by Gasteiger charge is 2.11. The molecule has 1 atom stereocenters. The number of rotatable bonds is 1. The molecule has 2 rings (SSSR count). The van der Waals surface area contributed by atoms with Crippen LogP contribution in [0.2, 0.25) is 5.02 Å². The minimum atomic E-state index is -0.189. The van der Waals surface area contributed by atoms with Crippen molar-refractivity contribution in [2.45, 2.75) is 13.1 Å². The van der Waals surface area contributed by atoms with Crippen molar-refractivity contribution >= 4 is 29.2 Å². The zero-order valence-electron chi connectivity index (χ0n) is 8.74. The molecular formula is C10H12ClN5. The number of hydrogen-bond donors (Lipinski definition) is 3. The van der Waals surface area contributed by atoms with Crippen LogP contribution in [0.3, 0.4) is 0 Å².